The van der Waals surface area contributed by atoms with E-state index in [9.17, 15) is 0 Å². The number of benzene rings is 2. The van der Waals surface area contributed by atoms with Gasteiger partial charge in [0.05, 0.1) is 0 Å². The molecule has 0 nitrogen and oxygen atoms in total. The molecule has 0 N–H and O–H groups in total. The van der Waals surface area contributed by atoms with Crippen molar-refractivity contribution in [2.75, 3.05) is 0 Å². The zero-order valence-corrected chi connectivity index (χ0v) is 14.9. The van der Waals surface area contributed by atoms with E-state index in [1.807, 2.05) is 0 Å². The van der Waals surface area contributed by atoms with Gasteiger partial charge in [-0.1, -0.05) is 69.8 Å². The van der Waals surface area contributed by atoms with E-state index in [0.29, 0.717) is 0 Å². The van der Waals surface area contributed by atoms with Crippen molar-refractivity contribution in [2.24, 2.45) is 0 Å². The van der Waals surface area contributed by atoms with E-state index in [1.54, 1.807) is 0 Å². The topological polar surface area (TPSA) is 0 Å². The van der Waals surface area contributed by atoms with E-state index in [4.69, 9.17) is 0 Å². The highest BCUT2D eigenvalue weighted by Gasteiger charge is 2.18. The molecule has 1 aliphatic rings. The van der Waals surface area contributed by atoms with Crippen molar-refractivity contribution in [3.05, 3.63) is 48.8 Å². The third-order valence-electron chi connectivity index (χ3n) is 2.95. The van der Waals surface area contributed by atoms with Crippen LogP contribution >= 0.6 is 63.7 Å². The molecule has 0 heterocycles. The second-order valence-corrected chi connectivity index (χ2v) is 7.43. The van der Waals surface area contributed by atoms with Crippen molar-refractivity contribution in [3.8, 4) is 0 Å². The van der Waals surface area contributed by atoms with Crippen LogP contribution in [-0.2, 0) is 6.42 Å². The average molecular weight is 482 g/mol. The predicted molar refractivity (Wildman–Crippen MR) is 87.7 cm³/mol. The Morgan fingerprint density at radius 1 is 0.882 bits per heavy atom. The van der Waals surface area contributed by atoms with Gasteiger partial charge in [-0.05, 0) is 46.5 Å². The van der Waals surface area contributed by atoms with Crippen LogP contribution in [0.2, 0.25) is 0 Å². The van der Waals surface area contributed by atoms with Crippen LogP contribution in [-0.4, -0.2) is 0 Å². The van der Waals surface area contributed by atoms with Crippen molar-refractivity contribution >= 4 is 79.0 Å². The lowest BCUT2D eigenvalue weighted by molar-refractivity contribution is 1.27. The van der Waals surface area contributed by atoms with Crippen molar-refractivity contribution < 1.29 is 0 Å². The van der Waals surface area contributed by atoms with Gasteiger partial charge >= 0.3 is 0 Å². The molecule has 0 unspecified atom stereocenters. The first kappa shape index (κ1) is 12.4. The first-order valence-corrected chi connectivity index (χ1v) is 8.21. The van der Waals surface area contributed by atoms with Gasteiger partial charge < -0.3 is 0 Å². The standard InChI is InChI=1S/C13H6Br4/c14-6-3-8-10(15)2-1-7-11(16)5-12(17)9(4-6)13(7)8/h2-5H,1H2. The highest BCUT2D eigenvalue weighted by molar-refractivity contribution is 9.15. The predicted octanol–water partition coefficient (Wildman–Crippen LogP) is 6.42. The highest BCUT2D eigenvalue weighted by atomic mass is 79.9. The molecule has 0 atom stereocenters. The Morgan fingerprint density at radius 3 is 2.41 bits per heavy atom. The fourth-order valence-corrected chi connectivity index (χ4v) is 4.58. The molecule has 0 bridgehead atoms. The fraction of sp³-hybridized carbons (Fsp3) is 0.0769. The second kappa shape index (κ2) is 4.48. The maximum absolute atomic E-state index is 3.65. The van der Waals surface area contributed by atoms with Gasteiger partial charge in [-0.15, -0.1) is 0 Å². The van der Waals surface area contributed by atoms with Crippen molar-refractivity contribution in [1.82, 2.24) is 0 Å². The molecule has 1 aliphatic carbocycles. The fourth-order valence-electron chi connectivity index (χ4n) is 2.21. The summed E-state index contributed by atoms with van der Waals surface area (Å²) in [6, 6.07) is 6.44. The van der Waals surface area contributed by atoms with Crippen LogP contribution in [0, 0.1) is 0 Å². The maximum Gasteiger partial charge on any atom is 0.0265 e. The minimum atomic E-state index is 0.958. The minimum absolute atomic E-state index is 0.958. The number of rotatable bonds is 0. The summed E-state index contributed by atoms with van der Waals surface area (Å²) in [4.78, 5) is 0. The van der Waals surface area contributed by atoms with Gasteiger partial charge in [-0.25, -0.2) is 0 Å². The Labute approximate surface area is 133 Å². The molecule has 0 aliphatic heterocycles. The summed E-state index contributed by atoms with van der Waals surface area (Å²) in [5.74, 6) is 0. The smallest absolute Gasteiger partial charge is 0.0265 e. The van der Waals surface area contributed by atoms with Crippen molar-refractivity contribution in [2.45, 2.75) is 6.42 Å². The Bertz CT molecular complexity index is 671. The summed E-state index contributed by atoms with van der Waals surface area (Å²) in [6.45, 7) is 0. The largest absolute Gasteiger partial charge is 0.0652 e. The normalized spacial score (nSPS) is 14.0. The summed E-state index contributed by atoms with van der Waals surface area (Å²) in [6.07, 6.45) is 3.17. The van der Waals surface area contributed by atoms with Gasteiger partial charge in [0.1, 0.15) is 0 Å². The molecular weight excluding hydrogens is 476 g/mol. The molecule has 0 saturated heterocycles. The Balaban J connectivity index is 2.57. The summed E-state index contributed by atoms with van der Waals surface area (Å²) < 4.78 is 4.55. The SMILES string of the molecule is BrC1=CCc2c(Br)cc(Br)c3cc(Br)cc1c23. The lowest BCUT2D eigenvalue weighted by Crippen LogP contribution is -1.97. The van der Waals surface area contributed by atoms with Gasteiger partial charge in [0.2, 0.25) is 0 Å². The zero-order valence-electron chi connectivity index (χ0n) is 8.53. The molecule has 0 spiro atoms. The monoisotopic (exact) mass is 478 g/mol. The van der Waals surface area contributed by atoms with E-state index in [2.05, 4.69) is 88.0 Å². The molecular formula is C13H6Br4. The van der Waals surface area contributed by atoms with Crippen molar-refractivity contribution in [1.29, 1.82) is 0 Å². The van der Waals surface area contributed by atoms with E-state index < -0.39 is 0 Å². The quantitative estimate of drug-likeness (QED) is 0.407. The summed E-state index contributed by atoms with van der Waals surface area (Å²) in [5, 5.41) is 2.57. The average Bonchev–Trinajstić information content (AvgIpc) is 2.27. The lowest BCUT2D eigenvalue weighted by atomic mass is 9.93. The molecule has 3 rings (SSSR count). The van der Waals surface area contributed by atoms with Gasteiger partial charge in [-0.2, -0.15) is 0 Å². The molecule has 17 heavy (non-hydrogen) atoms. The molecule has 0 aromatic heterocycles. The highest BCUT2D eigenvalue weighted by Crippen LogP contribution is 2.43. The van der Waals surface area contributed by atoms with Crippen LogP contribution in [0.1, 0.15) is 11.1 Å². The van der Waals surface area contributed by atoms with E-state index in [0.717, 1.165) is 19.8 Å². The van der Waals surface area contributed by atoms with E-state index in [1.165, 1.54) is 26.4 Å². The van der Waals surface area contributed by atoms with Crippen LogP contribution < -0.4 is 0 Å². The molecule has 2 aromatic rings. The van der Waals surface area contributed by atoms with Gasteiger partial charge in [0.15, 0.2) is 0 Å². The first-order chi connectivity index (χ1) is 8.08. The van der Waals surface area contributed by atoms with Crippen LogP contribution in [0.5, 0.6) is 0 Å². The molecule has 0 amide bonds. The molecule has 4 heteroatoms. The van der Waals surface area contributed by atoms with Gasteiger partial charge in [0, 0.05) is 17.9 Å². The second-order valence-electron chi connectivity index (χ2n) is 3.95. The summed E-state index contributed by atoms with van der Waals surface area (Å²) in [7, 11) is 0. The molecule has 0 radical (unpaired) electrons. The van der Waals surface area contributed by atoms with Crippen LogP contribution in [0.15, 0.2) is 37.7 Å². The van der Waals surface area contributed by atoms with Crippen LogP contribution in [0.3, 0.4) is 0 Å². The van der Waals surface area contributed by atoms with Crippen LogP contribution in [0.25, 0.3) is 15.3 Å². The zero-order chi connectivity index (χ0) is 12.2. The van der Waals surface area contributed by atoms with Crippen LogP contribution in [0.4, 0.5) is 0 Å². The van der Waals surface area contributed by atoms with Gasteiger partial charge in [0.25, 0.3) is 0 Å². The third kappa shape index (κ3) is 1.97. The molecule has 2 aromatic carbocycles. The first-order valence-electron chi connectivity index (χ1n) is 5.04. The van der Waals surface area contributed by atoms with E-state index >= 15 is 0 Å². The summed E-state index contributed by atoms with van der Waals surface area (Å²) >= 11 is 14.5. The molecule has 86 valence electrons. The van der Waals surface area contributed by atoms with Crippen molar-refractivity contribution in [3.63, 3.8) is 0 Å². The minimum Gasteiger partial charge on any atom is -0.0652 e. The molecule has 0 saturated carbocycles. The summed E-state index contributed by atoms with van der Waals surface area (Å²) in [5.41, 5.74) is 2.60. The lowest BCUT2D eigenvalue weighted by Gasteiger charge is -2.18. The van der Waals surface area contributed by atoms with E-state index in [-0.39, 0.29) is 0 Å². The van der Waals surface area contributed by atoms with Gasteiger partial charge in [-0.3, -0.25) is 0 Å². The molecule has 0 fully saturated rings. The Morgan fingerprint density at radius 2 is 1.65 bits per heavy atom. The number of hydrogen-bond acceptors (Lipinski definition) is 0. The Hall–Kier alpha value is 0.360. The number of halogens is 4. The number of hydrogen-bond donors (Lipinski definition) is 0. The Kier molecular flexibility index (Phi) is 3.27. The maximum atomic E-state index is 3.65. The number of allylic oxidation sites excluding steroid dienone is 1. The third-order valence-corrected chi connectivity index (χ3v) is 5.52.